The van der Waals surface area contributed by atoms with Gasteiger partial charge in [-0.1, -0.05) is 18.2 Å². The number of piperazine rings is 1. The number of ether oxygens (including phenoxy) is 1. The molecule has 2 atom stereocenters. The van der Waals surface area contributed by atoms with Crippen molar-refractivity contribution in [2.24, 2.45) is 0 Å². The Morgan fingerprint density at radius 2 is 2.04 bits per heavy atom. The monoisotopic (exact) mass is 368 g/mol. The Labute approximate surface area is 145 Å². The normalized spacial score (nSPS) is 22.6. The maximum Gasteiger partial charge on any atom is 0.349 e. The predicted octanol–water partition coefficient (Wildman–Crippen LogP) is 2.06. The van der Waals surface area contributed by atoms with Gasteiger partial charge in [-0.25, -0.2) is 13.2 Å². The molecule has 0 aliphatic carbocycles. The molecule has 8 heteroatoms. The van der Waals surface area contributed by atoms with Crippen LogP contribution in [0.15, 0.2) is 29.2 Å². The molecule has 0 saturated carbocycles. The van der Waals surface area contributed by atoms with Gasteiger partial charge < -0.3 is 10.1 Å². The fourth-order valence-corrected chi connectivity index (χ4v) is 6.47. The molecule has 6 nitrogen and oxygen atoms in total. The van der Waals surface area contributed by atoms with Gasteiger partial charge in [-0.3, -0.25) is 0 Å². The highest BCUT2D eigenvalue weighted by Gasteiger charge is 2.38. The number of rotatable bonds is 3. The van der Waals surface area contributed by atoms with Crippen LogP contribution in [0, 0.1) is 0 Å². The molecule has 2 unspecified atom stereocenters. The zero-order chi connectivity index (χ0) is 17.5. The van der Waals surface area contributed by atoms with Crippen molar-refractivity contribution in [2.75, 3.05) is 20.2 Å². The number of benzene rings is 1. The highest BCUT2D eigenvalue weighted by atomic mass is 32.2. The van der Waals surface area contributed by atoms with Gasteiger partial charge >= 0.3 is 5.97 Å². The molecule has 1 aliphatic heterocycles. The van der Waals surface area contributed by atoms with Crippen LogP contribution in [0.2, 0.25) is 0 Å². The molecule has 0 radical (unpaired) electrons. The third-order valence-corrected chi connectivity index (χ3v) is 7.82. The van der Waals surface area contributed by atoms with Gasteiger partial charge in [-0.15, -0.1) is 11.3 Å². The van der Waals surface area contributed by atoms with Crippen molar-refractivity contribution >= 4 is 37.4 Å². The van der Waals surface area contributed by atoms with Crippen molar-refractivity contribution in [3.63, 3.8) is 0 Å². The van der Waals surface area contributed by atoms with Gasteiger partial charge in [0.1, 0.15) is 9.77 Å². The molecule has 1 aromatic carbocycles. The summed E-state index contributed by atoms with van der Waals surface area (Å²) < 4.78 is 33.8. The van der Waals surface area contributed by atoms with Gasteiger partial charge in [0.25, 0.3) is 0 Å². The Kier molecular flexibility index (Phi) is 4.65. The highest BCUT2D eigenvalue weighted by molar-refractivity contribution is 7.89. The van der Waals surface area contributed by atoms with Crippen molar-refractivity contribution < 1.29 is 17.9 Å². The molecular formula is C16H20N2O4S2. The van der Waals surface area contributed by atoms with E-state index in [-0.39, 0.29) is 21.9 Å². The van der Waals surface area contributed by atoms with Crippen LogP contribution in [0.4, 0.5) is 0 Å². The number of esters is 1. The molecule has 130 valence electrons. The number of nitrogens with one attached hydrogen (secondary N) is 1. The fourth-order valence-electron chi connectivity index (χ4n) is 2.99. The van der Waals surface area contributed by atoms with E-state index in [1.165, 1.54) is 11.4 Å². The maximum atomic E-state index is 13.4. The minimum Gasteiger partial charge on any atom is -0.465 e. The molecule has 2 heterocycles. The third kappa shape index (κ3) is 2.73. The van der Waals surface area contributed by atoms with E-state index in [4.69, 9.17) is 4.74 Å². The van der Waals surface area contributed by atoms with Gasteiger partial charge in [0, 0.05) is 35.3 Å². The van der Waals surface area contributed by atoms with E-state index in [0.717, 1.165) is 16.0 Å². The molecular weight excluding hydrogens is 348 g/mol. The number of sulfonamides is 1. The summed E-state index contributed by atoms with van der Waals surface area (Å²) in [5.41, 5.74) is 0. The van der Waals surface area contributed by atoms with E-state index in [2.05, 4.69) is 5.32 Å². The molecule has 1 aromatic heterocycles. The van der Waals surface area contributed by atoms with Crippen LogP contribution in [0.3, 0.4) is 0 Å². The van der Waals surface area contributed by atoms with E-state index in [1.807, 2.05) is 26.0 Å². The smallest absolute Gasteiger partial charge is 0.349 e. The summed E-state index contributed by atoms with van der Waals surface area (Å²) in [5, 5.41) is 3.84. The van der Waals surface area contributed by atoms with E-state index >= 15 is 0 Å². The molecule has 24 heavy (non-hydrogen) atoms. The zero-order valence-electron chi connectivity index (χ0n) is 13.8. The van der Waals surface area contributed by atoms with E-state index < -0.39 is 16.0 Å². The van der Waals surface area contributed by atoms with Gasteiger partial charge in [0.15, 0.2) is 0 Å². The van der Waals surface area contributed by atoms with E-state index in [1.54, 1.807) is 12.1 Å². The lowest BCUT2D eigenvalue weighted by Crippen LogP contribution is -2.57. The SMILES string of the molecule is COC(=O)c1sc2ccccc2c1S(=O)(=O)N1CCNC(C)C1C. The van der Waals surface area contributed by atoms with Crippen LogP contribution >= 0.6 is 11.3 Å². The highest BCUT2D eigenvalue weighted by Crippen LogP contribution is 2.37. The third-order valence-electron chi connectivity index (χ3n) is 4.46. The molecule has 2 aromatic rings. The largest absolute Gasteiger partial charge is 0.465 e. The zero-order valence-corrected chi connectivity index (χ0v) is 15.4. The Bertz CT molecular complexity index is 875. The molecule has 1 aliphatic rings. The quantitative estimate of drug-likeness (QED) is 0.840. The topological polar surface area (TPSA) is 75.7 Å². The summed E-state index contributed by atoms with van der Waals surface area (Å²) >= 11 is 1.15. The van der Waals surface area contributed by atoms with Crippen molar-refractivity contribution in [3.05, 3.63) is 29.1 Å². The Morgan fingerprint density at radius 1 is 1.33 bits per heavy atom. The van der Waals surface area contributed by atoms with Gasteiger partial charge in [0.05, 0.1) is 7.11 Å². The van der Waals surface area contributed by atoms with Gasteiger partial charge in [0.2, 0.25) is 10.0 Å². The van der Waals surface area contributed by atoms with E-state index in [0.29, 0.717) is 18.5 Å². The second-order valence-corrected chi connectivity index (χ2v) is 8.73. The number of fused-ring (bicyclic) bond motifs is 1. The van der Waals surface area contributed by atoms with Crippen LogP contribution < -0.4 is 5.32 Å². The molecule has 0 spiro atoms. The molecule has 1 saturated heterocycles. The second kappa shape index (κ2) is 6.44. The number of methoxy groups -OCH3 is 1. The summed E-state index contributed by atoms with van der Waals surface area (Å²) in [4.78, 5) is 12.4. The summed E-state index contributed by atoms with van der Waals surface area (Å²) in [6, 6.07) is 6.99. The van der Waals surface area contributed by atoms with Crippen LogP contribution in [0.1, 0.15) is 23.5 Å². The lowest BCUT2D eigenvalue weighted by atomic mass is 10.1. The summed E-state index contributed by atoms with van der Waals surface area (Å²) in [6.07, 6.45) is 0. The lowest BCUT2D eigenvalue weighted by molar-refractivity contribution is 0.0602. The molecule has 1 fully saturated rings. The second-order valence-electron chi connectivity index (χ2n) is 5.85. The number of carbonyl (C=O) groups is 1. The number of hydrogen-bond acceptors (Lipinski definition) is 6. The number of thiophene rings is 1. The minimum absolute atomic E-state index is 0.0417. The first-order chi connectivity index (χ1) is 11.4. The lowest BCUT2D eigenvalue weighted by Gasteiger charge is -2.37. The molecule has 1 N–H and O–H groups in total. The number of hydrogen-bond donors (Lipinski definition) is 1. The van der Waals surface area contributed by atoms with Crippen molar-refractivity contribution in [3.8, 4) is 0 Å². The minimum atomic E-state index is -3.81. The van der Waals surface area contributed by atoms with E-state index in [9.17, 15) is 13.2 Å². The van der Waals surface area contributed by atoms with Crippen LogP contribution in [-0.2, 0) is 14.8 Å². The summed E-state index contributed by atoms with van der Waals surface area (Å²) in [5.74, 6) is -0.620. The fraction of sp³-hybridized carbons (Fsp3) is 0.438. The average Bonchev–Trinajstić information content (AvgIpc) is 2.96. The first kappa shape index (κ1) is 17.3. The number of carbonyl (C=O) groups excluding carboxylic acids is 1. The Balaban J connectivity index is 2.21. The summed E-state index contributed by atoms with van der Waals surface area (Å²) in [7, 11) is -2.55. The molecule has 3 rings (SSSR count). The first-order valence-corrected chi connectivity index (χ1v) is 9.98. The average molecular weight is 368 g/mol. The van der Waals surface area contributed by atoms with Gasteiger partial charge in [-0.05, 0) is 19.9 Å². The molecule has 0 amide bonds. The Hall–Kier alpha value is -1.48. The van der Waals surface area contributed by atoms with Crippen molar-refractivity contribution in [1.82, 2.24) is 9.62 Å². The standard InChI is InChI=1S/C16H20N2O4S2/c1-10-11(2)18(9-8-17-10)24(20,21)15-12-6-4-5-7-13(12)23-14(15)16(19)22-3/h4-7,10-11,17H,8-9H2,1-3H3. The van der Waals surface area contributed by atoms with Crippen LogP contribution in [0.5, 0.6) is 0 Å². The number of nitrogens with zero attached hydrogens (tertiary/aromatic N) is 1. The van der Waals surface area contributed by atoms with Crippen molar-refractivity contribution in [2.45, 2.75) is 30.8 Å². The maximum absolute atomic E-state index is 13.4. The Morgan fingerprint density at radius 3 is 2.75 bits per heavy atom. The van der Waals surface area contributed by atoms with Crippen LogP contribution in [0.25, 0.3) is 10.1 Å². The first-order valence-electron chi connectivity index (χ1n) is 7.73. The van der Waals surface area contributed by atoms with Crippen molar-refractivity contribution in [1.29, 1.82) is 0 Å². The van der Waals surface area contributed by atoms with Gasteiger partial charge in [-0.2, -0.15) is 4.31 Å². The summed E-state index contributed by atoms with van der Waals surface area (Å²) in [6.45, 7) is 4.79. The van der Waals surface area contributed by atoms with Crippen LogP contribution in [-0.4, -0.2) is 51.0 Å². The predicted molar refractivity (Wildman–Crippen MR) is 94.0 cm³/mol. The molecule has 0 bridgehead atoms.